The Kier molecular flexibility index (Phi) is 1.70. The van der Waals surface area contributed by atoms with Gasteiger partial charge in [0.15, 0.2) is 0 Å². The lowest BCUT2D eigenvalue weighted by atomic mass is 10.1. The standard InChI is InChI=1S/C10H11NO/c1-2-7-5-6-11-10-8(7)3-4-9(10)12/h2,5-6,9,12H,1,3-4H2/t9-/m1/s1. The number of aliphatic hydroxyl groups excluding tert-OH is 1. The van der Waals surface area contributed by atoms with Gasteiger partial charge in [-0.15, -0.1) is 0 Å². The van der Waals surface area contributed by atoms with Gasteiger partial charge in [-0.3, -0.25) is 4.98 Å². The third-order valence-corrected chi connectivity index (χ3v) is 2.33. The molecule has 0 unspecified atom stereocenters. The van der Waals surface area contributed by atoms with Crippen LogP contribution in [0, 0.1) is 0 Å². The van der Waals surface area contributed by atoms with E-state index in [0.717, 1.165) is 24.1 Å². The molecule has 0 radical (unpaired) electrons. The third kappa shape index (κ3) is 0.959. The molecule has 0 saturated heterocycles. The molecule has 1 aliphatic carbocycles. The first-order valence-electron chi connectivity index (χ1n) is 4.11. The molecule has 0 spiro atoms. The summed E-state index contributed by atoms with van der Waals surface area (Å²) in [6, 6.07) is 1.93. The maximum atomic E-state index is 9.50. The Morgan fingerprint density at radius 3 is 3.25 bits per heavy atom. The van der Waals surface area contributed by atoms with E-state index in [2.05, 4.69) is 11.6 Å². The van der Waals surface area contributed by atoms with Crippen molar-refractivity contribution in [1.29, 1.82) is 0 Å². The lowest BCUT2D eigenvalue weighted by Crippen LogP contribution is -1.95. The van der Waals surface area contributed by atoms with Gasteiger partial charge in [0, 0.05) is 6.20 Å². The smallest absolute Gasteiger partial charge is 0.0966 e. The summed E-state index contributed by atoms with van der Waals surface area (Å²) in [6.07, 6.45) is 4.90. The molecule has 1 atom stereocenters. The number of nitrogens with zero attached hydrogens (tertiary/aromatic N) is 1. The zero-order chi connectivity index (χ0) is 8.55. The topological polar surface area (TPSA) is 33.1 Å². The number of aromatic nitrogens is 1. The first-order chi connectivity index (χ1) is 5.83. The van der Waals surface area contributed by atoms with Crippen molar-refractivity contribution in [2.45, 2.75) is 18.9 Å². The maximum absolute atomic E-state index is 9.50. The summed E-state index contributed by atoms with van der Waals surface area (Å²) in [7, 11) is 0. The van der Waals surface area contributed by atoms with Crippen molar-refractivity contribution in [3.05, 3.63) is 35.7 Å². The van der Waals surface area contributed by atoms with Crippen LogP contribution in [0.3, 0.4) is 0 Å². The molecule has 1 aromatic rings. The number of pyridine rings is 1. The molecule has 0 amide bonds. The van der Waals surface area contributed by atoms with E-state index in [1.54, 1.807) is 6.20 Å². The lowest BCUT2D eigenvalue weighted by molar-refractivity contribution is 0.176. The second kappa shape index (κ2) is 2.72. The van der Waals surface area contributed by atoms with Crippen molar-refractivity contribution < 1.29 is 5.11 Å². The summed E-state index contributed by atoms with van der Waals surface area (Å²) in [5, 5.41) is 9.50. The van der Waals surface area contributed by atoms with Gasteiger partial charge in [-0.25, -0.2) is 0 Å². The van der Waals surface area contributed by atoms with Crippen molar-refractivity contribution in [2.24, 2.45) is 0 Å². The summed E-state index contributed by atoms with van der Waals surface area (Å²) < 4.78 is 0. The summed E-state index contributed by atoms with van der Waals surface area (Å²) in [5.74, 6) is 0. The Labute approximate surface area is 71.6 Å². The zero-order valence-corrected chi connectivity index (χ0v) is 6.83. The van der Waals surface area contributed by atoms with Gasteiger partial charge < -0.3 is 5.11 Å². The number of hydrogen-bond donors (Lipinski definition) is 1. The largest absolute Gasteiger partial charge is 0.387 e. The fourth-order valence-electron chi connectivity index (χ4n) is 1.69. The highest BCUT2D eigenvalue weighted by Crippen LogP contribution is 2.31. The fraction of sp³-hybridized carbons (Fsp3) is 0.300. The predicted octanol–water partition coefficient (Wildman–Crippen LogP) is 1.70. The Morgan fingerprint density at radius 2 is 2.50 bits per heavy atom. The van der Waals surface area contributed by atoms with Crippen LogP contribution in [-0.4, -0.2) is 10.1 Å². The Hall–Kier alpha value is -1.15. The molecule has 0 aromatic carbocycles. The first kappa shape index (κ1) is 7.50. The minimum atomic E-state index is -0.361. The Morgan fingerprint density at radius 1 is 1.67 bits per heavy atom. The average Bonchev–Trinajstić information content (AvgIpc) is 2.48. The molecular formula is C10H11NO. The average molecular weight is 161 g/mol. The number of fused-ring (bicyclic) bond motifs is 1. The van der Waals surface area contributed by atoms with Crippen LogP contribution in [0.15, 0.2) is 18.8 Å². The molecular weight excluding hydrogens is 150 g/mol. The van der Waals surface area contributed by atoms with E-state index in [0.29, 0.717) is 0 Å². The van der Waals surface area contributed by atoms with Gasteiger partial charge in [-0.05, 0) is 30.0 Å². The van der Waals surface area contributed by atoms with E-state index in [-0.39, 0.29) is 6.10 Å². The number of hydrogen-bond acceptors (Lipinski definition) is 2. The monoisotopic (exact) mass is 161 g/mol. The van der Waals surface area contributed by atoms with Crippen LogP contribution in [0.1, 0.15) is 29.3 Å². The summed E-state index contributed by atoms with van der Waals surface area (Å²) in [4.78, 5) is 4.15. The molecule has 1 heterocycles. The fourth-order valence-corrected chi connectivity index (χ4v) is 1.69. The quantitative estimate of drug-likeness (QED) is 0.680. The Bertz CT molecular complexity index is 320. The highest BCUT2D eigenvalue weighted by atomic mass is 16.3. The molecule has 0 bridgehead atoms. The normalized spacial score (nSPS) is 20.6. The van der Waals surface area contributed by atoms with E-state index in [9.17, 15) is 5.11 Å². The SMILES string of the molecule is C=Cc1ccnc2c1CC[C@H]2O. The first-order valence-corrected chi connectivity index (χ1v) is 4.11. The minimum Gasteiger partial charge on any atom is -0.387 e. The molecule has 12 heavy (non-hydrogen) atoms. The van der Waals surface area contributed by atoms with Gasteiger partial charge in [0.2, 0.25) is 0 Å². The van der Waals surface area contributed by atoms with E-state index < -0.39 is 0 Å². The van der Waals surface area contributed by atoms with Crippen molar-refractivity contribution in [3.63, 3.8) is 0 Å². The van der Waals surface area contributed by atoms with Crippen molar-refractivity contribution in [2.75, 3.05) is 0 Å². The van der Waals surface area contributed by atoms with Crippen molar-refractivity contribution in [1.82, 2.24) is 4.98 Å². The van der Waals surface area contributed by atoms with Crippen LogP contribution in [0.5, 0.6) is 0 Å². The molecule has 1 aromatic heterocycles. The predicted molar refractivity (Wildman–Crippen MR) is 47.6 cm³/mol. The highest BCUT2D eigenvalue weighted by molar-refractivity contribution is 5.54. The van der Waals surface area contributed by atoms with E-state index in [1.165, 1.54) is 5.56 Å². The van der Waals surface area contributed by atoms with Crippen LogP contribution in [-0.2, 0) is 6.42 Å². The summed E-state index contributed by atoms with van der Waals surface area (Å²) in [6.45, 7) is 3.72. The molecule has 2 rings (SSSR count). The van der Waals surface area contributed by atoms with E-state index >= 15 is 0 Å². The van der Waals surface area contributed by atoms with Crippen LogP contribution in [0.2, 0.25) is 0 Å². The molecule has 0 fully saturated rings. The van der Waals surface area contributed by atoms with Crippen molar-refractivity contribution in [3.8, 4) is 0 Å². The maximum Gasteiger partial charge on any atom is 0.0966 e. The second-order valence-electron chi connectivity index (χ2n) is 3.02. The van der Waals surface area contributed by atoms with E-state index in [1.807, 2.05) is 12.1 Å². The van der Waals surface area contributed by atoms with E-state index in [4.69, 9.17) is 0 Å². The zero-order valence-electron chi connectivity index (χ0n) is 6.83. The van der Waals surface area contributed by atoms with Crippen molar-refractivity contribution >= 4 is 6.08 Å². The number of rotatable bonds is 1. The molecule has 2 nitrogen and oxygen atoms in total. The number of aliphatic hydroxyl groups is 1. The highest BCUT2D eigenvalue weighted by Gasteiger charge is 2.22. The molecule has 0 aliphatic heterocycles. The minimum absolute atomic E-state index is 0.361. The van der Waals surface area contributed by atoms with Gasteiger partial charge in [-0.2, -0.15) is 0 Å². The third-order valence-electron chi connectivity index (χ3n) is 2.33. The summed E-state index contributed by atoms with van der Waals surface area (Å²) >= 11 is 0. The molecule has 0 saturated carbocycles. The lowest BCUT2D eigenvalue weighted by Gasteiger charge is -2.03. The van der Waals surface area contributed by atoms with Crippen LogP contribution < -0.4 is 0 Å². The van der Waals surface area contributed by atoms with Gasteiger partial charge in [0.1, 0.15) is 0 Å². The molecule has 1 N–H and O–H groups in total. The summed E-state index contributed by atoms with van der Waals surface area (Å²) in [5.41, 5.74) is 3.11. The van der Waals surface area contributed by atoms with Crippen LogP contribution >= 0.6 is 0 Å². The molecule has 1 aliphatic rings. The van der Waals surface area contributed by atoms with Crippen LogP contribution in [0.4, 0.5) is 0 Å². The van der Waals surface area contributed by atoms with Gasteiger partial charge in [0.25, 0.3) is 0 Å². The Balaban J connectivity index is 2.57. The van der Waals surface area contributed by atoms with Gasteiger partial charge in [-0.1, -0.05) is 12.7 Å². The van der Waals surface area contributed by atoms with Gasteiger partial charge >= 0.3 is 0 Å². The molecule has 62 valence electrons. The van der Waals surface area contributed by atoms with Crippen LogP contribution in [0.25, 0.3) is 6.08 Å². The second-order valence-corrected chi connectivity index (χ2v) is 3.02. The van der Waals surface area contributed by atoms with Gasteiger partial charge in [0.05, 0.1) is 11.8 Å². The molecule has 2 heteroatoms.